The van der Waals surface area contributed by atoms with E-state index in [1.807, 2.05) is 0 Å². The number of rotatable bonds is 2. The average Bonchev–Trinajstić information content (AvgIpc) is 2.33. The number of allylic oxidation sites excluding steroid dienone is 1. The fraction of sp³-hybridized carbons (Fsp3) is 0.750. The maximum atomic E-state index is 5.47. The zero-order valence-corrected chi connectivity index (χ0v) is 7.86. The van der Waals surface area contributed by atoms with E-state index in [1.54, 1.807) is 0 Å². The maximum Gasteiger partial charge on any atom is 0.141 e. The zero-order chi connectivity index (χ0) is 7.45. The van der Waals surface area contributed by atoms with Crippen LogP contribution in [0.25, 0.3) is 0 Å². The Bertz CT molecular complexity index is 125. The molecule has 1 atom stereocenters. The molecule has 1 heterocycles. The van der Waals surface area contributed by atoms with Gasteiger partial charge < -0.3 is 4.74 Å². The molecule has 1 aliphatic heterocycles. The van der Waals surface area contributed by atoms with E-state index in [2.05, 4.69) is 35.0 Å². The molecule has 1 rings (SSSR count). The molecule has 0 N–H and O–H groups in total. The molecular formula is C8H13BrO. The van der Waals surface area contributed by atoms with Gasteiger partial charge in [-0.1, -0.05) is 13.0 Å². The Labute approximate surface area is 70.6 Å². The van der Waals surface area contributed by atoms with Crippen LogP contribution in [0.4, 0.5) is 0 Å². The number of ether oxygens (including phenoxy) is 1. The fourth-order valence-electron chi connectivity index (χ4n) is 1.05. The van der Waals surface area contributed by atoms with Crippen molar-refractivity contribution in [3.05, 3.63) is 12.2 Å². The summed E-state index contributed by atoms with van der Waals surface area (Å²) in [5, 5.41) is 0. The van der Waals surface area contributed by atoms with Crippen LogP contribution in [0.1, 0.15) is 26.2 Å². The molecule has 2 heteroatoms. The van der Waals surface area contributed by atoms with E-state index < -0.39 is 0 Å². The van der Waals surface area contributed by atoms with Crippen LogP contribution in [0.5, 0.6) is 0 Å². The van der Waals surface area contributed by atoms with E-state index in [9.17, 15) is 0 Å². The summed E-state index contributed by atoms with van der Waals surface area (Å²) in [6.45, 7) is 3.01. The van der Waals surface area contributed by atoms with E-state index in [4.69, 9.17) is 4.74 Å². The molecule has 0 aromatic heterocycles. The summed E-state index contributed by atoms with van der Waals surface area (Å²) < 4.78 is 5.35. The van der Waals surface area contributed by atoms with Gasteiger partial charge in [-0.25, -0.2) is 0 Å². The standard InChI is InChI=1S/C8H13BrO/c1-2-3-5-8(9)6-4-7-10-8/h3,5H,2,4,6-7H2,1H3. The van der Waals surface area contributed by atoms with Crippen molar-refractivity contribution in [2.75, 3.05) is 6.61 Å². The lowest BCUT2D eigenvalue weighted by molar-refractivity contribution is 0.124. The molecule has 1 saturated heterocycles. The SMILES string of the molecule is CCC=CC1(Br)CCCO1. The van der Waals surface area contributed by atoms with Crippen LogP contribution in [-0.2, 0) is 4.74 Å². The molecule has 58 valence electrons. The Kier molecular flexibility index (Phi) is 2.93. The lowest BCUT2D eigenvalue weighted by Crippen LogP contribution is -2.13. The molecule has 10 heavy (non-hydrogen) atoms. The summed E-state index contributed by atoms with van der Waals surface area (Å²) >= 11 is 3.54. The van der Waals surface area contributed by atoms with Gasteiger partial charge in [-0.2, -0.15) is 0 Å². The molecule has 0 saturated carbocycles. The van der Waals surface area contributed by atoms with Gasteiger partial charge >= 0.3 is 0 Å². The van der Waals surface area contributed by atoms with Gasteiger partial charge in [0.1, 0.15) is 4.51 Å². The summed E-state index contributed by atoms with van der Waals surface area (Å²) in [4.78, 5) is 0. The first kappa shape index (κ1) is 8.28. The van der Waals surface area contributed by atoms with Crippen molar-refractivity contribution in [1.29, 1.82) is 0 Å². The molecule has 1 nitrogen and oxygen atoms in total. The zero-order valence-electron chi connectivity index (χ0n) is 6.27. The van der Waals surface area contributed by atoms with Crippen LogP contribution < -0.4 is 0 Å². The highest BCUT2D eigenvalue weighted by Gasteiger charge is 2.28. The highest BCUT2D eigenvalue weighted by atomic mass is 79.9. The number of alkyl halides is 1. The Morgan fingerprint density at radius 3 is 3.00 bits per heavy atom. The Morgan fingerprint density at radius 2 is 2.50 bits per heavy atom. The second-order valence-corrected chi connectivity index (χ2v) is 3.89. The first-order chi connectivity index (χ1) is 4.77. The van der Waals surface area contributed by atoms with Gasteiger partial charge in [-0.3, -0.25) is 0 Å². The van der Waals surface area contributed by atoms with E-state index in [-0.39, 0.29) is 4.51 Å². The van der Waals surface area contributed by atoms with Gasteiger partial charge in [0.05, 0.1) is 0 Å². The van der Waals surface area contributed by atoms with Gasteiger partial charge in [0, 0.05) is 6.61 Å². The largest absolute Gasteiger partial charge is 0.360 e. The molecule has 0 aromatic carbocycles. The minimum Gasteiger partial charge on any atom is -0.360 e. The van der Waals surface area contributed by atoms with E-state index in [1.165, 1.54) is 6.42 Å². The summed E-state index contributed by atoms with van der Waals surface area (Å²) in [7, 11) is 0. The first-order valence-corrected chi connectivity index (χ1v) is 4.57. The second kappa shape index (κ2) is 3.54. The molecule has 0 bridgehead atoms. The van der Waals surface area contributed by atoms with Crippen molar-refractivity contribution >= 4 is 15.9 Å². The normalized spacial score (nSPS) is 33.8. The average molecular weight is 205 g/mol. The monoisotopic (exact) mass is 204 g/mol. The van der Waals surface area contributed by atoms with Gasteiger partial charge in [0.2, 0.25) is 0 Å². The van der Waals surface area contributed by atoms with Crippen molar-refractivity contribution in [3.63, 3.8) is 0 Å². The lowest BCUT2D eigenvalue weighted by Gasteiger charge is -2.14. The lowest BCUT2D eigenvalue weighted by atomic mass is 10.2. The van der Waals surface area contributed by atoms with Crippen molar-refractivity contribution in [3.8, 4) is 0 Å². The summed E-state index contributed by atoms with van der Waals surface area (Å²) in [6.07, 6.45) is 7.60. The predicted octanol–water partition coefficient (Wildman–Crippen LogP) is 2.85. The third-order valence-electron chi connectivity index (χ3n) is 1.61. The Hall–Kier alpha value is 0.180. The van der Waals surface area contributed by atoms with E-state index in [0.717, 1.165) is 19.4 Å². The molecule has 0 aromatic rings. The third-order valence-corrected chi connectivity index (χ3v) is 2.50. The molecule has 0 spiro atoms. The van der Waals surface area contributed by atoms with Crippen LogP contribution >= 0.6 is 15.9 Å². The molecule has 1 fully saturated rings. The van der Waals surface area contributed by atoms with Gasteiger partial charge in [0.15, 0.2) is 0 Å². The van der Waals surface area contributed by atoms with E-state index >= 15 is 0 Å². The van der Waals surface area contributed by atoms with Crippen molar-refractivity contribution < 1.29 is 4.74 Å². The molecule has 1 aliphatic rings. The molecular weight excluding hydrogens is 192 g/mol. The van der Waals surface area contributed by atoms with Gasteiger partial charge in [-0.15, -0.1) is 0 Å². The molecule has 0 amide bonds. The van der Waals surface area contributed by atoms with Crippen LogP contribution in [-0.4, -0.2) is 11.1 Å². The van der Waals surface area contributed by atoms with E-state index in [0.29, 0.717) is 0 Å². The summed E-state index contributed by atoms with van der Waals surface area (Å²) in [6, 6.07) is 0. The second-order valence-electron chi connectivity index (χ2n) is 2.55. The summed E-state index contributed by atoms with van der Waals surface area (Å²) in [5.74, 6) is 0. The van der Waals surface area contributed by atoms with Crippen LogP contribution in [0.2, 0.25) is 0 Å². The predicted molar refractivity (Wildman–Crippen MR) is 46.3 cm³/mol. The number of hydrogen-bond donors (Lipinski definition) is 0. The molecule has 1 unspecified atom stereocenters. The number of hydrogen-bond acceptors (Lipinski definition) is 1. The molecule has 0 aliphatic carbocycles. The Morgan fingerprint density at radius 1 is 1.70 bits per heavy atom. The highest BCUT2D eigenvalue weighted by molar-refractivity contribution is 9.10. The summed E-state index contributed by atoms with van der Waals surface area (Å²) in [5.41, 5.74) is 0. The Balaban J connectivity index is 2.43. The quantitative estimate of drug-likeness (QED) is 0.497. The van der Waals surface area contributed by atoms with Crippen molar-refractivity contribution in [2.45, 2.75) is 30.7 Å². The minimum atomic E-state index is -0.122. The van der Waals surface area contributed by atoms with Crippen LogP contribution in [0.15, 0.2) is 12.2 Å². The van der Waals surface area contributed by atoms with Crippen molar-refractivity contribution in [2.24, 2.45) is 0 Å². The van der Waals surface area contributed by atoms with Crippen LogP contribution in [0.3, 0.4) is 0 Å². The first-order valence-electron chi connectivity index (χ1n) is 3.77. The maximum absolute atomic E-state index is 5.47. The minimum absolute atomic E-state index is 0.122. The molecule has 0 radical (unpaired) electrons. The van der Waals surface area contributed by atoms with Gasteiger partial charge in [0.25, 0.3) is 0 Å². The van der Waals surface area contributed by atoms with Gasteiger partial charge in [-0.05, 0) is 41.3 Å². The number of halogens is 1. The topological polar surface area (TPSA) is 9.23 Å². The highest BCUT2D eigenvalue weighted by Crippen LogP contribution is 2.33. The van der Waals surface area contributed by atoms with Crippen LogP contribution in [0, 0.1) is 0 Å². The fourth-order valence-corrected chi connectivity index (χ4v) is 1.68. The smallest absolute Gasteiger partial charge is 0.141 e. The third kappa shape index (κ3) is 2.10. The van der Waals surface area contributed by atoms with Crippen molar-refractivity contribution in [1.82, 2.24) is 0 Å².